The minimum absolute atomic E-state index is 0.0204. The summed E-state index contributed by atoms with van der Waals surface area (Å²) in [7, 11) is 0. The second-order valence-electron chi connectivity index (χ2n) is 7.08. The van der Waals surface area contributed by atoms with Crippen LogP contribution >= 0.6 is 34.4 Å². The summed E-state index contributed by atoms with van der Waals surface area (Å²) in [6.07, 6.45) is 0. The zero-order chi connectivity index (χ0) is 21.8. The van der Waals surface area contributed by atoms with E-state index in [9.17, 15) is 4.79 Å². The summed E-state index contributed by atoms with van der Waals surface area (Å²) in [5, 5.41) is 2.72. The molecule has 0 fully saturated rings. The summed E-state index contributed by atoms with van der Waals surface area (Å²) in [6, 6.07) is 28.1. The number of rotatable bonds is 7. The molecule has 5 aromatic rings. The standard InChI is InChI=1S/C25H19N3OS3/c29-23(17-31-25-27-20-13-7-8-14-22(20)32-25)28(15-18-9-3-1-4-10-18)24-26-21(16-30-24)19-11-5-2-6-12-19/h1-14,16H,15,17H2. The Morgan fingerprint density at radius 2 is 1.59 bits per heavy atom. The number of thioether (sulfide) groups is 1. The molecule has 0 aliphatic carbocycles. The van der Waals surface area contributed by atoms with Crippen LogP contribution in [0.15, 0.2) is 94.6 Å². The van der Waals surface area contributed by atoms with E-state index in [1.54, 1.807) is 16.2 Å². The monoisotopic (exact) mass is 473 g/mol. The molecule has 0 aliphatic heterocycles. The molecule has 0 atom stereocenters. The minimum atomic E-state index is 0.0204. The van der Waals surface area contributed by atoms with Gasteiger partial charge in [0, 0.05) is 10.9 Å². The van der Waals surface area contributed by atoms with Gasteiger partial charge >= 0.3 is 0 Å². The Labute approximate surface area is 198 Å². The van der Waals surface area contributed by atoms with Crippen molar-refractivity contribution in [2.45, 2.75) is 10.9 Å². The highest BCUT2D eigenvalue weighted by Gasteiger charge is 2.21. The van der Waals surface area contributed by atoms with Gasteiger partial charge in [0.05, 0.1) is 28.2 Å². The lowest BCUT2D eigenvalue weighted by Crippen LogP contribution is -2.31. The number of thiazole rings is 2. The van der Waals surface area contributed by atoms with Crippen LogP contribution in [-0.2, 0) is 11.3 Å². The number of para-hydroxylation sites is 1. The van der Waals surface area contributed by atoms with Crippen molar-refractivity contribution in [3.63, 3.8) is 0 Å². The number of aromatic nitrogens is 2. The first-order valence-corrected chi connectivity index (χ1v) is 12.8. The minimum Gasteiger partial charge on any atom is -0.283 e. The van der Waals surface area contributed by atoms with E-state index < -0.39 is 0 Å². The molecule has 0 bridgehead atoms. The Kier molecular flexibility index (Phi) is 6.29. The number of benzene rings is 3. The van der Waals surface area contributed by atoms with Gasteiger partial charge in [0.25, 0.3) is 0 Å². The van der Waals surface area contributed by atoms with E-state index >= 15 is 0 Å². The van der Waals surface area contributed by atoms with E-state index in [4.69, 9.17) is 4.98 Å². The highest BCUT2D eigenvalue weighted by Crippen LogP contribution is 2.32. The summed E-state index contributed by atoms with van der Waals surface area (Å²) in [4.78, 5) is 24.5. The number of carbonyl (C=O) groups excluding carboxylic acids is 1. The SMILES string of the molecule is O=C(CSc1nc2ccccc2s1)N(Cc1ccccc1)c1nc(-c2ccccc2)cs1. The average molecular weight is 474 g/mol. The Hall–Kier alpha value is -3.00. The summed E-state index contributed by atoms with van der Waals surface area (Å²) < 4.78 is 2.04. The van der Waals surface area contributed by atoms with Crippen LogP contribution in [0.4, 0.5) is 5.13 Å². The predicted molar refractivity (Wildman–Crippen MR) is 136 cm³/mol. The highest BCUT2D eigenvalue weighted by molar-refractivity contribution is 8.01. The van der Waals surface area contributed by atoms with Gasteiger partial charge in [-0.15, -0.1) is 22.7 Å². The molecular weight excluding hydrogens is 454 g/mol. The van der Waals surface area contributed by atoms with Crippen molar-refractivity contribution in [1.82, 2.24) is 9.97 Å². The van der Waals surface area contributed by atoms with Crippen molar-refractivity contribution >= 4 is 55.7 Å². The number of carbonyl (C=O) groups is 1. The molecule has 5 rings (SSSR count). The van der Waals surface area contributed by atoms with Gasteiger partial charge in [0.2, 0.25) is 5.91 Å². The fraction of sp³-hybridized carbons (Fsp3) is 0.0800. The Balaban J connectivity index is 1.38. The van der Waals surface area contributed by atoms with Gasteiger partial charge in [-0.3, -0.25) is 9.69 Å². The quantitative estimate of drug-likeness (QED) is 0.245. The van der Waals surface area contributed by atoms with Gasteiger partial charge in [-0.2, -0.15) is 0 Å². The lowest BCUT2D eigenvalue weighted by atomic mass is 10.2. The van der Waals surface area contributed by atoms with E-state index in [1.165, 1.54) is 23.1 Å². The molecule has 3 aromatic carbocycles. The lowest BCUT2D eigenvalue weighted by molar-refractivity contribution is -0.116. The Morgan fingerprint density at radius 1 is 0.875 bits per heavy atom. The van der Waals surface area contributed by atoms with Gasteiger partial charge in [-0.1, -0.05) is 84.6 Å². The average Bonchev–Trinajstić information content (AvgIpc) is 3.49. The predicted octanol–water partition coefficient (Wildman–Crippen LogP) is 6.75. The molecule has 0 saturated carbocycles. The summed E-state index contributed by atoms with van der Waals surface area (Å²) in [5.41, 5.74) is 3.98. The molecule has 7 heteroatoms. The number of nitrogens with zero attached hydrogens (tertiary/aromatic N) is 3. The van der Waals surface area contributed by atoms with Crippen molar-refractivity contribution in [2.75, 3.05) is 10.7 Å². The molecule has 0 unspecified atom stereocenters. The summed E-state index contributed by atoms with van der Waals surface area (Å²) in [5.74, 6) is 0.333. The Morgan fingerprint density at radius 3 is 2.38 bits per heavy atom. The largest absolute Gasteiger partial charge is 0.283 e. The van der Waals surface area contributed by atoms with Crippen LogP contribution in [0.2, 0.25) is 0 Å². The molecule has 4 nitrogen and oxygen atoms in total. The zero-order valence-electron chi connectivity index (χ0n) is 17.0. The third-order valence-electron chi connectivity index (χ3n) is 4.87. The van der Waals surface area contributed by atoms with E-state index in [0.717, 1.165) is 31.4 Å². The first kappa shape index (κ1) is 20.9. The first-order chi connectivity index (χ1) is 15.8. The van der Waals surface area contributed by atoms with Crippen molar-refractivity contribution < 1.29 is 4.79 Å². The number of fused-ring (bicyclic) bond motifs is 1. The number of anilines is 1. The van der Waals surface area contributed by atoms with Crippen molar-refractivity contribution in [1.29, 1.82) is 0 Å². The first-order valence-electron chi connectivity index (χ1n) is 10.1. The van der Waals surface area contributed by atoms with E-state index in [2.05, 4.69) is 11.1 Å². The van der Waals surface area contributed by atoms with Gasteiger partial charge < -0.3 is 0 Å². The molecule has 0 radical (unpaired) electrons. The third-order valence-corrected chi connectivity index (χ3v) is 7.90. The van der Waals surface area contributed by atoms with Crippen molar-refractivity contribution in [3.8, 4) is 11.3 Å². The topological polar surface area (TPSA) is 46.1 Å². The number of hydrogen-bond acceptors (Lipinski definition) is 6. The molecule has 32 heavy (non-hydrogen) atoms. The van der Waals surface area contributed by atoms with E-state index in [1.807, 2.05) is 84.2 Å². The number of amides is 1. The van der Waals surface area contributed by atoms with Gasteiger partial charge in [0.1, 0.15) is 0 Å². The molecular formula is C25H19N3OS3. The lowest BCUT2D eigenvalue weighted by Gasteiger charge is -2.19. The van der Waals surface area contributed by atoms with Crippen LogP contribution in [0, 0.1) is 0 Å². The molecule has 2 heterocycles. The zero-order valence-corrected chi connectivity index (χ0v) is 19.5. The summed E-state index contributed by atoms with van der Waals surface area (Å²) >= 11 is 4.60. The van der Waals surface area contributed by atoms with Crippen LogP contribution in [0.25, 0.3) is 21.5 Å². The maximum Gasteiger partial charge on any atom is 0.239 e. The number of hydrogen-bond donors (Lipinski definition) is 0. The maximum atomic E-state index is 13.3. The molecule has 0 saturated heterocycles. The molecule has 158 valence electrons. The summed E-state index contributed by atoms with van der Waals surface area (Å²) in [6.45, 7) is 0.488. The van der Waals surface area contributed by atoms with Crippen molar-refractivity contribution in [3.05, 3.63) is 95.9 Å². The fourth-order valence-corrected chi connectivity index (χ4v) is 6.07. The maximum absolute atomic E-state index is 13.3. The molecule has 0 N–H and O–H groups in total. The second kappa shape index (κ2) is 9.65. The van der Waals surface area contributed by atoms with E-state index in [-0.39, 0.29) is 5.91 Å². The normalized spacial score (nSPS) is 11.0. The van der Waals surface area contributed by atoms with Gasteiger partial charge in [-0.25, -0.2) is 9.97 Å². The van der Waals surface area contributed by atoms with Crippen LogP contribution in [-0.4, -0.2) is 21.6 Å². The van der Waals surface area contributed by atoms with Crippen LogP contribution in [0.5, 0.6) is 0 Å². The molecule has 1 amide bonds. The third kappa shape index (κ3) is 4.75. The molecule has 0 spiro atoms. The van der Waals surface area contributed by atoms with Crippen LogP contribution in [0.3, 0.4) is 0 Å². The van der Waals surface area contributed by atoms with Crippen molar-refractivity contribution in [2.24, 2.45) is 0 Å². The van der Waals surface area contributed by atoms with Gasteiger partial charge in [-0.05, 0) is 17.7 Å². The molecule has 0 aliphatic rings. The van der Waals surface area contributed by atoms with Crippen LogP contribution in [0.1, 0.15) is 5.56 Å². The van der Waals surface area contributed by atoms with Gasteiger partial charge in [0.15, 0.2) is 9.47 Å². The second-order valence-corrected chi connectivity index (χ2v) is 10.2. The Bertz CT molecular complexity index is 1300. The highest BCUT2D eigenvalue weighted by atomic mass is 32.2. The molecule has 2 aromatic heterocycles. The fourth-order valence-electron chi connectivity index (χ4n) is 3.27. The van der Waals surface area contributed by atoms with Crippen LogP contribution < -0.4 is 4.90 Å². The van der Waals surface area contributed by atoms with E-state index in [0.29, 0.717) is 17.4 Å². The smallest absolute Gasteiger partial charge is 0.239 e.